The van der Waals surface area contributed by atoms with Crippen molar-refractivity contribution in [1.82, 2.24) is 9.78 Å². The predicted molar refractivity (Wildman–Crippen MR) is 140 cm³/mol. The van der Waals surface area contributed by atoms with E-state index in [1.807, 2.05) is 60.1 Å². The number of aliphatic carboxylic acids is 1. The number of benzene rings is 3. The van der Waals surface area contributed by atoms with Crippen molar-refractivity contribution >= 4 is 11.9 Å². The van der Waals surface area contributed by atoms with E-state index in [0.717, 1.165) is 23.4 Å². The monoisotopic (exact) mass is 499 g/mol. The highest BCUT2D eigenvalue weighted by molar-refractivity contribution is 5.79. The summed E-state index contributed by atoms with van der Waals surface area (Å²) in [7, 11) is 0. The van der Waals surface area contributed by atoms with Gasteiger partial charge in [-0.2, -0.15) is 5.10 Å². The first-order valence-electron chi connectivity index (χ1n) is 12.0. The van der Waals surface area contributed by atoms with E-state index in [1.54, 1.807) is 18.2 Å². The zero-order valence-corrected chi connectivity index (χ0v) is 20.6. The lowest BCUT2D eigenvalue weighted by Crippen LogP contribution is -2.20. The van der Waals surface area contributed by atoms with Crippen LogP contribution in [0.2, 0.25) is 0 Å². The molecule has 0 atom stereocenters. The van der Waals surface area contributed by atoms with Crippen molar-refractivity contribution < 1.29 is 24.2 Å². The van der Waals surface area contributed by atoms with Gasteiger partial charge in [0, 0.05) is 17.7 Å². The van der Waals surface area contributed by atoms with Crippen LogP contribution < -0.4 is 15.2 Å². The number of nitrogens with zero attached hydrogens (tertiary/aromatic N) is 2. The first-order valence-corrected chi connectivity index (χ1v) is 12.0. The number of rotatable bonds is 12. The molecule has 0 aliphatic rings. The zero-order valence-electron chi connectivity index (χ0n) is 20.6. The minimum atomic E-state index is -0.948. The first kappa shape index (κ1) is 25.5. The summed E-state index contributed by atoms with van der Waals surface area (Å²) in [5, 5.41) is 14.2. The number of carboxylic acids is 1. The van der Waals surface area contributed by atoms with Crippen LogP contribution in [0.4, 0.5) is 0 Å². The van der Waals surface area contributed by atoms with Gasteiger partial charge in [0.15, 0.2) is 6.61 Å². The Morgan fingerprint density at radius 2 is 1.62 bits per heavy atom. The Morgan fingerprint density at radius 3 is 2.35 bits per heavy atom. The van der Waals surface area contributed by atoms with Gasteiger partial charge >= 0.3 is 5.97 Å². The van der Waals surface area contributed by atoms with E-state index in [0.29, 0.717) is 35.7 Å². The van der Waals surface area contributed by atoms with Crippen molar-refractivity contribution in [2.75, 3.05) is 13.2 Å². The molecule has 0 fully saturated rings. The van der Waals surface area contributed by atoms with Crippen LogP contribution >= 0.6 is 0 Å². The topological polar surface area (TPSA) is 117 Å². The van der Waals surface area contributed by atoms with E-state index < -0.39 is 11.9 Å². The summed E-state index contributed by atoms with van der Waals surface area (Å²) in [5.41, 5.74) is 9.95. The van der Waals surface area contributed by atoms with E-state index in [4.69, 9.17) is 20.3 Å². The van der Waals surface area contributed by atoms with E-state index in [1.165, 1.54) is 5.56 Å². The number of primary amides is 1. The number of hydrogen-bond donors (Lipinski definition) is 2. The maximum atomic E-state index is 11.4. The number of carbonyl (C=O) groups is 2. The van der Waals surface area contributed by atoms with Crippen LogP contribution in [0.25, 0.3) is 22.5 Å². The Kier molecular flexibility index (Phi) is 8.20. The molecule has 4 aromatic rings. The van der Waals surface area contributed by atoms with Crippen LogP contribution in [0.3, 0.4) is 0 Å². The van der Waals surface area contributed by atoms with Gasteiger partial charge in [-0.1, -0.05) is 48.5 Å². The molecule has 0 spiro atoms. The minimum Gasteiger partial charge on any atom is -0.493 e. The molecule has 1 amide bonds. The summed E-state index contributed by atoms with van der Waals surface area (Å²) in [6, 6.07) is 24.9. The fourth-order valence-corrected chi connectivity index (χ4v) is 4.11. The van der Waals surface area contributed by atoms with Gasteiger partial charge in [0.25, 0.3) is 5.91 Å². The molecule has 3 aromatic carbocycles. The second-order valence-corrected chi connectivity index (χ2v) is 8.46. The molecule has 0 aliphatic heterocycles. The first-order chi connectivity index (χ1) is 17.9. The van der Waals surface area contributed by atoms with Gasteiger partial charge < -0.3 is 20.3 Å². The molecule has 190 valence electrons. The van der Waals surface area contributed by atoms with Crippen LogP contribution in [0.15, 0.2) is 78.9 Å². The second kappa shape index (κ2) is 11.9. The van der Waals surface area contributed by atoms with Crippen molar-refractivity contribution in [2.45, 2.75) is 26.3 Å². The van der Waals surface area contributed by atoms with Gasteiger partial charge in [-0.3, -0.25) is 14.3 Å². The summed E-state index contributed by atoms with van der Waals surface area (Å²) < 4.78 is 13.5. The highest BCUT2D eigenvalue weighted by Crippen LogP contribution is 2.36. The number of amides is 1. The quantitative estimate of drug-likeness (QED) is 0.299. The van der Waals surface area contributed by atoms with Crippen LogP contribution in [-0.4, -0.2) is 40.0 Å². The van der Waals surface area contributed by atoms with E-state index in [9.17, 15) is 14.7 Å². The van der Waals surface area contributed by atoms with Gasteiger partial charge in [0.1, 0.15) is 11.5 Å². The van der Waals surface area contributed by atoms with E-state index >= 15 is 0 Å². The molecular formula is C29H29N3O5. The van der Waals surface area contributed by atoms with Gasteiger partial charge in [0.2, 0.25) is 0 Å². The molecule has 8 nitrogen and oxygen atoms in total. The molecule has 0 unspecified atom stereocenters. The van der Waals surface area contributed by atoms with Crippen molar-refractivity contribution in [1.29, 1.82) is 0 Å². The van der Waals surface area contributed by atoms with Gasteiger partial charge in [-0.15, -0.1) is 0 Å². The molecule has 0 saturated carbocycles. The number of carboxylic acid groups (broad SMARTS) is 1. The van der Waals surface area contributed by atoms with E-state index in [-0.39, 0.29) is 13.0 Å². The van der Waals surface area contributed by atoms with E-state index in [2.05, 4.69) is 12.1 Å². The summed E-state index contributed by atoms with van der Waals surface area (Å²) in [4.78, 5) is 22.7. The summed E-state index contributed by atoms with van der Waals surface area (Å²) >= 11 is 0. The van der Waals surface area contributed by atoms with Crippen molar-refractivity contribution in [3.63, 3.8) is 0 Å². The highest BCUT2D eigenvalue weighted by Gasteiger charge is 2.19. The fourth-order valence-electron chi connectivity index (χ4n) is 4.11. The van der Waals surface area contributed by atoms with Gasteiger partial charge in [-0.25, -0.2) is 0 Å². The minimum absolute atomic E-state index is 0.155. The van der Waals surface area contributed by atoms with Crippen LogP contribution in [0.1, 0.15) is 18.1 Å². The lowest BCUT2D eigenvalue weighted by Gasteiger charge is -2.12. The Bertz CT molecular complexity index is 1380. The third-order valence-electron chi connectivity index (χ3n) is 5.74. The number of nitrogens with two attached hydrogens (primary N) is 1. The summed E-state index contributed by atoms with van der Waals surface area (Å²) in [6.07, 6.45) is 0.605. The molecule has 1 heterocycles. The Morgan fingerprint density at radius 1 is 0.892 bits per heavy atom. The lowest BCUT2D eigenvalue weighted by atomic mass is 10.0. The Hall–Kier alpha value is -4.59. The predicted octanol–water partition coefficient (Wildman–Crippen LogP) is 4.35. The fraction of sp³-hybridized carbons (Fsp3) is 0.207. The zero-order chi connectivity index (χ0) is 26.2. The number of carbonyl (C=O) groups excluding carboxylic acids is 1. The maximum Gasteiger partial charge on any atom is 0.307 e. The average Bonchev–Trinajstić information content (AvgIpc) is 3.31. The molecule has 0 aliphatic carbocycles. The number of aromatic nitrogens is 2. The Balaban J connectivity index is 1.81. The molecule has 37 heavy (non-hydrogen) atoms. The standard InChI is InChI=1S/C29H29N3O5/c1-2-36-26-11-7-6-10-22(26)25-18-24(31-32(25)15-14-20-8-4-3-5-9-20)23-16-21(17-29(34)35)12-13-27(23)37-19-28(30)33/h3-13,16,18H,2,14-15,17,19H2,1H3,(H2,30,33)(H,34,35). The summed E-state index contributed by atoms with van der Waals surface area (Å²) in [5.74, 6) is -0.427. The average molecular weight is 500 g/mol. The third-order valence-corrected chi connectivity index (χ3v) is 5.74. The molecule has 0 radical (unpaired) electrons. The third kappa shape index (κ3) is 6.55. The number of hydrogen-bond acceptors (Lipinski definition) is 5. The Labute approximate surface area is 215 Å². The van der Waals surface area contributed by atoms with Crippen molar-refractivity contribution in [2.24, 2.45) is 5.73 Å². The normalized spacial score (nSPS) is 10.7. The SMILES string of the molecule is CCOc1ccccc1-c1cc(-c2cc(CC(=O)O)ccc2OCC(N)=O)nn1CCc1ccccc1. The molecule has 8 heteroatoms. The van der Waals surface area contributed by atoms with Gasteiger partial charge in [0.05, 0.1) is 24.4 Å². The van der Waals surface area contributed by atoms with Crippen LogP contribution in [0.5, 0.6) is 11.5 Å². The highest BCUT2D eigenvalue weighted by atomic mass is 16.5. The lowest BCUT2D eigenvalue weighted by molar-refractivity contribution is -0.136. The molecule has 0 saturated heterocycles. The maximum absolute atomic E-state index is 11.4. The molecule has 4 rings (SSSR count). The van der Waals surface area contributed by atoms with Crippen LogP contribution in [0, 0.1) is 0 Å². The van der Waals surface area contributed by atoms with Crippen molar-refractivity contribution in [3.05, 3.63) is 90.0 Å². The van der Waals surface area contributed by atoms with Gasteiger partial charge in [-0.05, 0) is 54.8 Å². The van der Waals surface area contributed by atoms with Crippen LogP contribution in [-0.2, 0) is 29.0 Å². The number of aryl methyl sites for hydroxylation is 2. The second-order valence-electron chi connectivity index (χ2n) is 8.46. The summed E-state index contributed by atoms with van der Waals surface area (Å²) in [6.45, 7) is 2.75. The largest absolute Gasteiger partial charge is 0.493 e. The molecule has 1 aromatic heterocycles. The number of para-hydroxylation sites is 1. The molecule has 0 bridgehead atoms. The number of ether oxygens (including phenoxy) is 2. The molecule has 3 N–H and O–H groups in total. The molecular weight excluding hydrogens is 470 g/mol. The smallest absolute Gasteiger partial charge is 0.307 e. The van der Waals surface area contributed by atoms with Crippen molar-refractivity contribution in [3.8, 4) is 34.0 Å².